The molecule has 2 bridgehead atoms. The highest BCUT2D eigenvalue weighted by Gasteiger charge is 2.41. The molecule has 2 N–H and O–H groups in total. The first kappa shape index (κ1) is 12.2. The van der Waals surface area contributed by atoms with Gasteiger partial charge in [-0.1, -0.05) is 25.3 Å². The maximum Gasteiger partial charge on any atom is 0.00699 e. The first-order valence-electron chi connectivity index (χ1n) is 7.17. The normalized spacial score (nSPS) is 34.2. The summed E-state index contributed by atoms with van der Waals surface area (Å²) in [4.78, 5) is 0. The number of hydrogen-bond acceptors (Lipinski definition) is 1. The molecule has 0 amide bonds. The van der Waals surface area contributed by atoms with E-state index in [4.69, 9.17) is 5.73 Å². The van der Waals surface area contributed by atoms with Crippen LogP contribution in [0, 0.1) is 17.8 Å². The molecule has 0 saturated heterocycles. The second-order valence-corrected chi connectivity index (χ2v) is 5.93. The number of hydrogen-bond donors (Lipinski definition) is 1. The monoisotopic (exact) mass is 221 g/mol. The van der Waals surface area contributed by atoms with Crippen LogP contribution in [0.1, 0.15) is 57.8 Å². The van der Waals surface area contributed by atoms with Crippen molar-refractivity contribution in [2.24, 2.45) is 23.5 Å². The maximum absolute atomic E-state index is 6.36. The van der Waals surface area contributed by atoms with E-state index in [-0.39, 0.29) is 0 Å². The van der Waals surface area contributed by atoms with E-state index >= 15 is 0 Å². The Kier molecular flexibility index (Phi) is 4.45. The van der Waals surface area contributed by atoms with Gasteiger partial charge in [-0.05, 0) is 56.3 Å². The van der Waals surface area contributed by atoms with Crippen LogP contribution in [0.4, 0.5) is 0 Å². The van der Waals surface area contributed by atoms with E-state index < -0.39 is 0 Å². The van der Waals surface area contributed by atoms with Gasteiger partial charge in [-0.15, -0.1) is 6.58 Å². The molecule has 0 radical (unpaired) electrons. The van der Waals surface area contributed by atoms with Gasteiger partial charge in [0, 0.05) is 6.04 Å². The Balaban J connectivity index is 1.61. The van der Waals surface area contributed by atoms with E-state index in [9.17, 15) is 0 Å². The minimum atomic E-state index is 0.499. The molecule has 0 aliphatic heterocycles. The molecule has 0 aromatic rings. The third kappa shape index (κ3) is 2.88. The van der Waals surface area contributed by atoms with Crippen molar-refractivity contribution in [3.8, 4) is 0 Å². The summed E-state index contributed by atoms with van der Waals surface area (Å²) >= 11 is 0. The molecule has 0 spiro atoms. The topological polar surface area (TPSA) is 26.0 Å². The van der Waals surface area contributed by atoms with Gasteiger partial charge in [0.1, 0.15) is 0 Å². The van der Waals surface area contributed by atoms with Gasteiger partial charge < -0.3 is 5.73 Å². The van der Waals surface area contributed by atoms with Gasteiger partial charge in [-0.2, -0.15) is 0 Å². The maximum atomic E-state index is 6.36. The molecule has 0 aromatic heterocycles. The fourth-order valence-electron chi connectivity index (χ4n) is 3.88. The Morgan fingerprint density at radius 2 is 2.06 bits per heavy atom. The Hall–Kier alpha value is -0.300. The molecule has 4 atom stereocenters. The van der Waals surface area contributed by atoms with Crippen molar-refractivity contribution < 1.29 is 0 Å². The number of nitrogens with two attached hydrogens (primary N) is 1. The molecule has 1 nitrogen and oxygen atoms in total. The van der Waals surface area contributed by atoms with Crippen molar-refractivity contribution in [1.29, 1.82) is 0 Å². The van der Waals surface area contributed by atoms with E-state index in [2.05, 4.69) is 6.58 Å². The average molecular weight is 221 g/mol. The first-order chi connectivity index (χ1) is 7.81. The minimum Gasteiger partial charge on any atom is -0.327 e. The van der Waals surface area contributed by atoms with Crippen molar-refractivity contribution in [1.82, 2.24) is 0 Å². The Morgan fingerprint density at radius 1 is 1.19 bits per heavy atom. The first-order valence-corrected chi connectivity index (χ1v) is 7.17. The predicted octanol–water partition coefficient (Wildman–Crippen LogP) is 3.89. The molecule has 2 saturated carbocycles. The van der Waals surface area contributed by atoms with E-state index in [0.29, 0.717) is 6.04 Å². The summed E-state index contributed by atoms with van der Waals surface area (Å²) in [5.74, 6) is 2.91. The summed E-state index contributed by atoms with van der Waals surface area (Å²) in [5.41, 5.74) is 6.36. The van der Waals surface area contributed by atoms with Crippen LogP contribution < -0.4 is 5.73 Å². The van der Waals surface area contributed by atoms with Gasteiger partial charge in [0.05, 0.1) is 0 Å². The van der Waals surface area contributed by atoms with Crippen molar-refractivity contribution >= 4 is 0 Å². The molecule has 2 fully saturated rings. The molecule has 4 unspecified atom stereocenters. The summed E-state index contributed by atoms with van der Waals surface area (Å²) < 4.78 is 0. The lowest BCUT2D eigenvalue weighted by Crippen LogP contribution is -2.33. The van der Waals surface area contributed by atoms with Crippen LogP contribution in [0.3, 0.4) is 0 Å². The fraction of sp³-hybridized carbons (Fsp3) is 0.867. The lowest BCUT2D eigenvalue weighted by atomic mass is 9.82. The van der Waals surface area contributed by atoms with Gasteiger partial charge in [0.25, 0.3) is 0 Å². The third-order valence-electron chi connectivity index (χ3n) is 4.79. The Morgan fingerprint density at radius 3 is 2.69 bits per heavy atom. The summed E-state index contributed by atoms with van der Waals surface area (Å²) in [6.45, 7) is 3.76. The smallest absolute Gasteiger partial charge is 0.00699 e. The molecule has 92 valence electrons. The van der Waals surface area contributed by atoms with Crippen LogP contribution >= 0.6 is 0 Å². The molecule has 2 aliphatic carbocycles. The third-order valence-corrected chi connectivity index (χ3v) is 4.79. The van der Waals surface area contributed by atoms with Crippen LogP contribution in [0.5, 0.6) is 0 Å². The molecule has 2 aliphatic rings. The zero-order valence-electron chi connectivity index (χ0n) is 10.5. The zero-order chi connectivity index (χ0) is 11.4. The summed E-state index contributed by atoms with van der Waals surface area (Å²) in [6, 6.07) is 0.499. The highest BCUT2D eigenvalue weighted by Crippen LogP contribution is 2.49. The predicted molar refractivity (Wildman–Crippen MR) is 70.2 cm³/mol. The highest BCUT2D eigenvalue weighted by molar-refractivity contribution is 4.94. The van der Waals surface area contributed by atoms with Crippen molar-refractivity contribution in [3.05, 3.63) is 12.7 Å². The minimum absolute atomic E-state index is 0.499. The Labute approximate surface area is 100 Å². The zero-order valence-corrected chi connectivity index (χ0v) is 10.5. The van der Waals surface area contributed by atoms with Crippen molar-refractivity contribution in [2.45, 2.75) is 63.8 Å². The second kappa shape index (κ2) is 5.86. The van der Waals surface area contributed by atoms with Gasteiger partial charge in [-0.25, -0.2) is 0 Å². The number of fused-ring (bicyclic) bond motifs is 2. The Bertz CT molecular complexity index is 223. The van der Waals surface area contributed by atoms with E-state index in [1.54, 1.807) is 0 Å². The fourth-order valence-corrected chi connectivity index (χ4v) is 3.88. The highest BCUT2D eigenvalue weighted by atomic mass is 14.7. The molecule has 2 rings (SSSR count). The van der Waals surface area contributed by atoms with Gasteiger partial charge >= 0.3 is 0 Å². The summed E-state index contributed by atoms with van der Waals surface area (Å²) in [6.07, 6.45) is 14.3. The quantitative estimate of drug-likeness (QED) is 0.512. The van der Waals surface area contributed by atoms with Crippen LogP contribution in [-0.4, -0.2) is 6.04 Å². The molecule has 16 heavy (non-hydrogen) atoms. The van der Waals surface area contributed by atoms with Gasteiger partial charge in [-0.3, -0.25) is 0 Å². The van der Waals surface area contributed by atoms with Crippen molar-refractivity contribution in [2.75, 3.05) is 0 Å². The van der Waals surface area contributed by atoms with Crippen molar-refractivity contribution in [3.63, 3.8) is 0 Å². The van der Waals surface area contributed by atoms with Crippen LogP contribution in [-0.2, 0) is 0 Å². The molecule has 0 heterocycles. The number of unbranched alkanes of at least 4 members (excludes halogenated alkanes) is 3. The van der Waals surface area contributed by atoms with E-state index in [0.717, 1.165) is 17.8 Å². The number of allylic oxidation sites excluding steroid dienone is 1. The van der Waals surface area contributed by atoms with E-state index in [1.165, 1.54) is 57.8 Å². The lowest BCUT2D eigenvalue weighted by molar-refractivity contribution is 0.268. The van der Waals surface area contributed by atoms with Gasteiger partial charge in [0.2, 0.25) is 0 Å². The average Bonchev–Trinajstić information content (AvgIpc) is 2.90. The SMILES string of the molecule is C=CCCCCCC(N)C1CC2CCC1C2. The van der Waals surface area contributed by atoms with Crippen LogP contribution in [0.15, 0.2) is 12.7 Å². The summed E-state index contributed by atoms with van der Waals surface area (Å²) in [5, 5.41) is 0. The standard InChI is InChI=1S/C15H27N/c1-2-3-4-5-6-7-15(16)14-11-12-8-9-13(14)10-12/h2,12-15H,1,3-11,16H2. The molecular formula is C15H27N. The summed E-state index contributed by atoms with van der Waals surface area (Å²) in [7, 11) is 0. The number of rotatable bonds is 7. The van der Waals surface area contributed by atoms with Crippen LogP contribution in [0.2, 0.25) is 0 Å². The van der Waals surface area contributed by atoms with Gasteiger partial charge in [0.15, 0.2) is 0 Å². The van der Waals surface area contributed by atoms with E-state index in [1.807, 2.05) is 6.08 Å². The molecule has 1 heteroatoms. The molecular weight excluding hydrogens is 194 g/mol. The molecule has 0 aromatic carbocycles. The largest absolute Gasteiger partial charge is 0.327 e. The van der Waals surface area contributed by atoms with Crippen LogP contribution in [0.25, 0.3) is 0 Å². The lowest BCUT2D eigenvalue weighted by Gasteiger charge is -2.27. The second-order valence-electron chi connectivity index (χ2n) is 5.93.